The number of hydrogen-bond donors (Lipinski definition) is 1. The molecule has 142 valence electrons. The second-order valence-corrected chi connectivity index (χ2v) is 7.53. The van der Waals surface area contributed by atoms with E-state index < -0.39 is 0 Å². The Bertz CT molecular complexity index is 1100. The third kappa shape index (κ3) is 3.73. The second kappa shape index (κ2) is 8.03. The number of halogens is 1. The molecule has 0 saturated heterocycles. The van der Waals surface area contributed by atoms with Crippen molar-refractivity contribution in [3.63, 3.8) is 0 Å². The molecule has 2 N–H and O–H groups in total. The Morgan fingerprint density at radius 1 is 1.07 bits per heavy atom. The first kappa shape index (κ1) is 18.5. The summed E-state index contributed by atoms with van der Waals surface area (Å²) in [4.78, 5) is 0. The Balaban J connectivity index is 1.49. The molecule has 2 aromatic heterocycles. The van der Waals surface area contributed by atoms with E-state index in [-0.39, 0.29) is 0 Å². The van der Waals surface area contributed by atoms with Gasteiger partial charge in [0.25, 0.3) is 0 Å². The zero-order chi connectivity index (χ0) is 19.5. The largest absolute Gasteiger partial charge is 0.496 e. The number of benzene rings is 2. The summed E-state index contributed by atoms with van der Waals surface area (Å²) >= 11 is 4.76. The molecule has 2 heterocycles. The number of nitrogens with two attached hydrogens (primary N) is 1. The van der Waals surface area contributed by atoms with E-state index >= 15 is 0 Å². The minimum Gasteiger partial charge on any atom is -0.496 e. The minimum atomic E-state index is 0.421. The van der Waals surface area contributed by atoms with E-state index in [1.807, 2.05) is 48.5 Å². The number of hydrogen-bond acceptors (Lipinski definition) is 8. The molecule has 0 aliphatic carbocycles. The van der Waals surface area contributed by atoms with E-state index in [1.165, 1.54) is 16.4 Å². The van der Waals surface area contributed by atoms with Gasteiger partial charge in [0.15, 0.2) is 5.82 Å². The van der Waals surface area contributed by atoms with Crippen molar-refractivity contribution in [1.29, 1.82) is 0 Å². The average molecular weight is 459 g/mol. The maximum Gasteiger partial charge on any atom is 0.247 e. The van der Waals surface area contributed by atoms with Crippen LogP contribution in [0.15, 0.2) is 62.6 Å². The number of para-hydroxylation sites is 1. The monoisotopic (exact) mass is 458 g/mol. The average Bonchev–Trinajstić information content (AvgIpc) is 3.34. The van der Waals surface area contributed by atoms with Gasteiger partial charge in [-0.05, 0) is 36.4 Å². The molecule has 8 nitrogen and oxygen atoms in total. The Morgan fingerprint density at radius 3 is 2.64 bits per heavy atom. The molecule has 0 saturated carbocycles. The van der Waals surface area contributed by atoms with Gasteiger partial charge in [0.05, 0.1) is 18.4 Å². The predicted octanol–water partition coefficient (Wildman–Crippen LogP) is 3.77. The Kier molecular flexibility index (Phi) is 5.31. The van der Waals surface area contributed by atoms with Crippen LogP contribution in [0.5, 0.6) is 5.75 Å². The summed E-state index contributed by atoms with van der Waals surface area (Å²) in [7, 11) is 1.60. The SMILES string of the molecule is COc1ccccc1-c1nnc(SCc2nnc(-c3ccc(Br)cc3)o2)n1N. The number of thioether (sulfide) groups is 1. The summed E-state index contributed by atoms with van der Waals surface area (Å²) in [5.74, 6) is 8.73. The first-order valence-corrected chi connectivity index (χ1v) is 9.98. The fourth-order valence-electron chi connectivity index (χ4n) is 2.54. The van der Waals surface area contributed by atoms with E-state index in [0.717, 1.165) is 15.6 Å². The third-order valence-corrected chi connectivity index (χ3v) is 5.35. The summed E-state index contributed by atoms with van der Waals surface area (Å²) in [6.45, 7) is 0. The van der Waals surface area contributed by atoms with E-state index in [2.05, 4.69) is 36.3 Å². The van der Waals surface area contributed by atoms with Gasteiger partial charge < -0.3 is 15.0 Å². The highest BCUT2D eigenvalue weighted by molar-refractivity contribution is 9.10. The maximum atomic E-state index is 6.18. The van der Waals surface area contributed by atoms with Crippen LogP contribution in [0.2, 0.25) is 0 Å². The Morgan fingerprint density at radius 2 is 1.86 bits per heavy atom. The van der Waals surface area contributed by atoms with E-state index in [9.17, 15) is 0 Å². The standard InChI is InChI=1S/C18H15BrN6O2S/c1-26-14-5-3-2-4-13(14)16-22-24-18(25(16)20)28-10-15-21-23-17(27-15)11-6-8-12(19)9-7-11/h2-9H,10,20H2,1H3. The van der Waals surface area contributed by atoms with Crippen LogP contribution in [0.3, 0.4) is 0 Å². The van der Waals surface area contributed by atoms with E-state index in [0.29, 0.717) is 34.3 Å². The molecular formula is C18H15BrN6O2S. The van der Waals surface area contributed by atoms with Gasteiger partial charge in [-0.15, -0.1) is 20.4 Å². The van der Waals surface area contributed by atoms with Crippen LogP contribution >= 0.6 is 27.7 Å². The number of rotatable bonds is 6. The quantitative estimate of drug-likeness (QED) is 0.343. The van der Waals surface area contributed by atoms with E-state index in [4.69, 9.17) is 15.0 Å². The summed E-state index contributed by atoms with van der Waals surface area (Å²) in [5.41, 5.74) is 1.62. The van der Waals surface area contributed by atoms with Crippen LogP contribution < -0.4 is 10.6 Å². The minimum absolute atomic E-state index is 0.421. The van der Waals surface area contributed by atoms with Gasteiger partial charge in [-0.25, -0.2) is 4.68 Å². The normalized spacial score (nSPS) is 10.9. The molecule has 10 heteroatoms. The molecule has 0 bridgehead atoms. The molecule has 0 spiro atoms. The number of nitrogen functional groups attached to an aromatic ring is 1. The van der Waals surface area contributed by atoms with Crippen LogP contribution in [-0.2, 0) is 5.75 Å². The lowest BCUT2D eigenvalue weighted by atomic mass is 10.2. The van der Waals surface area contributed by atoms with Crippen molar-refractivity contribution in [3.8, 4) is 28.6 Å². The second-order valence-electron chi connectivity index (χ2n) is 5.67. The first-order valence-electron chi connectivity index (χ1n) is 8.20. The summed E-state index contributed by atoms with van der Waals surface area (Å²) in [6, 6.07) is 15.2. The maximum absolute atomic E-state index is 6.18. The van der Waals surface area contributed by atoms with Crippen molar-refractivity contribution < 1.29 is 9.15 Å². The lowest BCUT2D eigenvalue weighted by molar-refractivity contribution is 0.416. The topological polar surface area (TPSA) is 105 Å². The highest BCUT2D eigenvalue weighted by Crippen LogP contribution is 2.30. The predicted molar refractivity (Wildman–Crippen MR) is 109 cm³/mol. The molecule has 0 radical (unpaired) electrons. The smallest absolute Gasteiger partial charge is 0.247 e. The van der Waals surface area contributed by atoms with Gasteiger partial charge in [0, 0.05) is 10.0 Å². The fourth-order valence-corrected chi connectivity index (χ4v) is 3.49. The molecule has 0 fully saturated rings. The van der Waals surface area contributed by atoms with Crippen molar-refractivity contribution >= 4 is 27.7 Å². The zero-order valence-corrected chi connectivity index (χ0v) is 17.1. The lowest BCUT2D eigenvalue weighted by Gasteiger charge is -2.07. The molecule has 0 aliphatic rings. The molecule has 4 aromatic rings. The molecule has 0 unspecified atom stereocenters. The third-order valence-electron chi connectivity index (χ3n) is 3.90. The van der Waals surface area contributed by atoms with Gasteiger partial charge in [-0.2, -0.15) is 0 Å². The molecule has 4 rings (SSSR count). The van der Waals surface area contributed by atoms with Crippen LogP contribution in [-0.4, -0.2) is 32.2 Å². The van der Waals surface area contributed by atoms with Crippen LogP contribution in [0.1, 0.15) is 5.89 Å². The molecule has 28 heavy (non-hydrogen) atoms. The zero-order valence-electron chi connectivity index (χ0n) is 14.7. The lowest BCUT2D eigenvalue weighted by Crippen LogP contribution is -2.12. The Hall–Kier alpha value is -2.85. The fraction of sp³-hybridized carbons (Fsp3) is 0.111. The van der Waals surface area contributed by atoms with Gasteiger partial charge in [-0.1, -0.05) is 39.8 Å². The summed E-state index contributed by atoms with van der Waals surface area (Å²) in [5, 5.41) is 17.0. The highest BCUT2D eigenvalue weighted by Gasteiger charge is 2.17. The van der Waals surface area contributed by atoms with Crippen LogP contribution in [0.25, 0.3) is 22.8 Å². The molecule has 0 atom stereocenters. The van der Waals surface area contributed by atoms with Gasteiger partial charge in [0.2, 0.25) is 16.9 Å². The number of nitrogens with zero attached hydrogens (tertiary/aromatic N) is 5. The molecular weight excluding hydrogens is 444 g/mol. The Labute approximate surface area is 173 Å². The summed E-state index contributed by atoms with van der Waals surface area (Å²) < 4.78 is 13.5. The van der Waals surface area contributed by atoms with Crippen molar-refractivity contribution in [2.75, 3.05) is 13.0 Å². The van der Waals surface area contributed by atoms with Crippen molar-refractivity contribution in [3.05, 3.63) is 58.9 Å². The highest BCUT2D eigenvalue weighted by atomic mass is 79.9. The number of methoxy groups -OCH3 is 1. The van der Waals surface area contributed by atoms with Crippen molar-refractivity contribution in [2.45, 2.75) is 10.9 Å². The van der Waals surface area contributed by atoms with Gasteiger partial charge in [-0.3, -0.25) is 0 Å². The van der Waals surface area contributed by atoms with Crippen molar-refractivity contribution in [1.82, 2.24) is 25.1 Å². The van der Waals surface area contributed by atoms with Crippen molar-refractivity contribution in [2.24, 2.45) is 0 Å². The molecule has 2 aromatic carbocycles. The molecule has 0 aliphatic heterocycles. The van der Waals surface area contributed by atoms with E-state index in [1.54, 1.807) is 7.11 Å². The van der Waals surface area contributed by atoms with Crippen LogP contribution in [0.4, 0.5) is 0 Å². The number of ether oxygens (including phenoxy) is 1. The van der Waals surface area contributed by atoms with Crippen LogP contribution in [0, 0.1) is 0 Å². The number of aromatic nitrogens is 5. The molecule has 0 amide bonds. The van der Waals surface area contributed by atoms with Gasteiger partial charge >= 0.3 is 0 Å². The first-order chi connectivity index (χ1) is 13.7. The summed E-state index contributed by atoms with van der Waals surface area (Å²) in [6.07, 6.45) is 0. The van der Waals surface area contributed by atoms with Gasteiger partial charge in [0.1, 0.15) is 5.75 Å².